The van der Waals surface area contributed by atoms with Gasteiger partial charge in [0, 0.05) is 17.6 Å². The second-order valence-corrected chi connectivity index (χ2v) is 6.93. The van der Waals surface area contributed by atoms with Crippen LogP contribution in [-0.4, -0.2) is 30.4 Å². The fraction of sp³-hybridized carbons (Fsp3) is 0.562. The molecule has 3 nitrogen and oxygen atoms in total. The Labute approximate surface area is 130 Å². The summed E-state index contributed by atoms with van der Waals surface area (Å²) in [6.45, 7) is 10.3. The van der Waals surface area contributed by atoms with E-state index in [2.05, 4.69) is 36.7 Å². The van der Waals surface area contributed by atoms with Gasteiger partial charge in [0.15, 0.2) is 0 Å². The average Bonchev–Trinajstić information content (AvgIpc) is 2.40. The molecule has 0 aromatic heterocycles. The van der Waals surface area contributed by atoms with Gasteiger partial charge in [-0.2, -0.15) is 0 Å². The van der Waals surface area contributed by atoms with Gasteiger partial charge in [-0.05, 0) is 53.4 Å². The summed E-state index contributed by atoms with van der Waals surface area (Å²) in [5.41, 5.74) is 7.55. The number of halogens is 1. The third-order valence-electron chi connectivity index (χ3n) is 3.30. The molecule has 1 aromatic carbocycles. The Morgan fingerprint density at radius 1 is 1.40 bits per heavy atom. The first-order valence-electron chi connectivity index (χ1n) is 7.06. The second kappa shape index (κ2) is 7.23. The molecule has 0 atom stereocenters. The number of hydrogen-bond acceptors (Lipinski definition) is 2. The molecule has 0 unspecified atom stereocenters. The number of carbonyl (C=O) groups excluding carboxylic acids is 1. The molecule has 112 valence electrons. The molecule has 0 saturated carbocycles. The maximum Gasteiger partial charge on any atom is 0.255 e. The van der Waals surface area contributed by atoms with E-state index in [0.29, 0.717) is 13.1 Å². The van der Waals surface area contributed by atoms with Crippen molar-refractivity contribution in [1.29, 1.82) is 0 Å². The minimum absolute atomic E-state index is 0.0683. The normalized spacial score (nSPS) is 11.5. The molecule has 0 saturated heterocycles. The lowest BCUT2D eigenvalue weighted by Gasteiger charge is -2.32. The molecule has 1 aromatic rings. The average molecular weight is 341 g/mol. The number of nitrogens with zero attached hydrogens (tertiary/aromatic N) is 1. The van der Waals surface area contributed by atoms with Crippen molar-refractivity contribution in [3.05, 3.63) is 33.8 Å². The van der Waals surface area contributed by atoms with Crippen LogP contribution in [0.4, 0.5) is 0 Å². The zero-order chi connectivity index (χ0) is 15.3. The molecular weight excluding hydrogens is 316 g/mol. The van der Waals surface area contributed by atoms with Gasteiger partial charge < -0.3 is 10.6 Å². The Hall–Kier alpha value is -0.870. The Morgan fingerprint density at radius 2 is 2.05 bits per heavy atom. The highest BCUT2D eigenvalue weighted by atomic mass is 79.9. The predicted octanol–water partition coefficient (Wildman–Crippen LogP) is 3.59. The van der Waals surface area contributed by atoms with Crippen LogP contribution in [-0.2, 0) is 0 Å². The van der Waals surface area contributed by atoms with Crippen LogP contribution >= 0.6 is 15.9 Å². The fourth-order valence-electron chi connectivity index (χ4n) is 2.08. The van der Waals surface area contributed by atoms with Crippen LogP contribution in [0.5, 0.6) is 0 Å². The first-order chi connectivity index (χ1) is 9.30. The van der Waals surface area contributed by atoms with Crippen molar-refractivity contribution in [2.24, 2.45) is 11.1 Å². The van der Waals surface area contributed by atoms with Gasteiger partial charge in [0.2, 0.25) is 0 Å². The fourth-order valence-corrected chi connectivity index (χ4v) is 2.49. The predicted molar refractivity (Wildman–Crippen MR) is 87.9 cm³/mol. The van der Waals surface area contributed by atoms with Crippen LogP contribution < -0.4 is 5.73 Å². The molecule has 0 bridgehead atoms. The van der Waals surface area contributed by atoms with Crippen LogP contribution in [0.25, 0.3) is 0 Å². The Morgan fingerprint density at radius 3 is 2.60 bits per heavy atom. The molecule has 2 N–H and O–H groups in total. The van der Waals surface area contributed by atoms with Gasteiger partial charge in [-0.3, -0.25) is 4.79 Å². The maximum absolute atomic E-state index is 12.8. The molecule has 1 rings (SSSR count). The van der Waals surface area contributed by atoms with Gasteiger partial charge in [-0.15, -0.1) is 0 Å². The molecule has 1 amide bonds. The summed E-state index contributed by atoms with van der Waals surface area (Å²) >= 11 is 3.47. The van der Waals surface area contributed by atoms with Crippen LogP contribution in [0.3, 0.4) is 0 Å². The number of aryl methyl sites for hydroxylation is 1. The largest absolute Gasteiger partial charge is 0.338 e. The molecule has 0 spiro atoms. The summed E-state index contributed by atoms with van der Waals surface area (Å²) in [7, 11) is 0. The molecule has 0 aliphatic rings. The molecule has 0 heterocycles. The van der Waals surface area contributed by atoms with E-state index in [-0.39, 0.29) is 11.3 Å². The number of hydrogen-bond donors (Lipinski definition) is 1. The summed E-state index contributed by atoms with van der Waals surface area (Å²) in [5, 5.41) is 0. The lowest BCUT2D eigenvalue weighted by Crippen LogP contribution is -2.42. The van der Waals surface area contributed by atoms with Crippen molar-refractivity contribution in [2.45, 2.75) is 34.1 Å². The molecule has 0 aliphatic carbocycles. The van der Waals surface area contributed by atoms with Gasteiger partial charge >= 0.3 is 0 Å². The van der Waals surface area contributed by atoms with E-state index in [1.165, 1.54) is 0 Å². The number of amides is 1. The van der Waals surface area contributed by atoms with Gasteiger partial charge in [0.25, 0.3) is 5.91 Å². The van der Waals surface area contributed by atoms with Crippen molar-refractivity contribution in [3.8, 4) is 0 Å². The maximum atomic E-state index is 12.8. The minimum atomic E-state index is -0.0683. The zero-order valence-corrected chi connectivity index (χ0v) is 14.5. The monoisotopic (exact) mass is 340 g/mol. The van der Waals surface area contributed by atoms with Gasteiger partial charge in [0.1, 0.15) is 0 Å². The minimum Gasteiger partial charge on any atom is -0.338 e. The second-order valence-electron chi connectivity index (χ2n) is 6.08. The molecule has 0 aliphatic heterocycles. The number of nitrogens with two attached hydrogens (primary N) is 1. The van der Waals surface area contributed by atoms with E-state index < -0.39 is 0 Å². The number of carbonyl (C=O) groups is 1. The molecular formula is C16H25BrN2O. The topological polar surface area (TPSA) is 46.3 Å². The van der Waals surface area contributed by atoms with Crippen molar-refractivity contribution >= 4 is 21.8 Å². The quantitative estimate of drug-likeness (QED) is 0.859. The third kappa shape index (κ3) is 4.60. The van der Waals surface area contributed by atoms with E-state index in [1.54, 1.807) is 0 Å². The summed E-state index contributed by atoms with van der Waals surface area (Å²) in [5.74, 6) is 0.0731. The highest BCUT2D eigenvalue weighted by Gasteiger charge is 2.25. The molecule has 0 radical (unpaired) electrons. The lowest BCUT2D eigenvalue weighted by atomic mass is 9.92. The van der Waals surface area contributed by atoms with Crippen molar-refractivity contribution < 1.29 is 4.79 Å². The Bertz CT molecular complexity index is 472. The third-order valence-corrected chi connectivity index (χ3v) is 4.00. The lowest BCUT2D eigenvalue weighted by molar-refractivity contribution is 0.0688. The highest BCUT2D eigenvalue weighted by molar-refractivity contribution is 9.10. The summed E-state index contributed by atoms with van der Waals surface area (Å²) in [6.07, 6.45) is 0.940. The smallest absolute Gasteiger partial charge is 0.255 e. The van der Waals surface area contributed by atoms with Crippen LogP contribution in [0.2, 0.25) is 0 Å². The van der Waals surface area contributed by atoms with Gasteiger partial charge in [-0.1, -0.05) is 32.4 Å². The summed E-state index contributed by atoms with van der Waals surface area (Å²) < 4.78 is 0.847. The highest BCUT2D eigenvalue weighted by Crippen LogP contribution is 2.22. The van der Waals surface area contributed by atoms with E-state index >= 15 is 0 Å². The van der Waals surface area contributed by atoms with Gasteiger partial charge in [0.05, 0.1) is 5.56 Å². The number of benzene rings is 1. The van der Waals surface area contributed by atoms with Crippen molar-refractivity contribution in [3.63, 3.8) is 0 Å². The van der Waals surface area contributed by atoms with Crippen LogP contribution in [0.1, 0.15) is 43.1 Å². The van der Waals surface area contributed by atoms with Crippen molar-refractivity contribution in [1.82, 2.24) is 4.90 Å². The van der Waals surface area contributed by atoms with E-state index in [1.807, 2.05) is 30.0 Å². The van der Waals surface area contributed by atoms with Crippen LogP contribution in [0, 0.1) is 12.3 Å². The van der Waals surface area contributed by atoms with Crippen molar-refractivity contribution in [2.75, 3.05) is 19.6 Å². The summed E-state index contributed by atoms with van der Waals surface area (Å²) in [4.78, 5) is 14.7. The van der Waals surface area contributed by atoms with E-state index in [0.717, 1.165) is 28.6 Å². The molecule has 0 fully saturated rings. The number of rotatable bonds is 6. The van der Waals surface area contributed by atoms with E-state index in [9.17, 15) is 4.79 Å². The van der Waals surface area contributed by atoms with Crippen LogP contribution in [0.15, 0.2) is 22.7 Å². The summed E-state index contributed by atoms with van der Waals surface area (Å²) in [6, 6.07) is 5.86. The first-order valence-corrected chi connectivity index (χ1v) is 7.85. The first kappa shape index (κ1) is 17.2. The standard InChI is InChI=1S/C16H25BrN2O/c1-5-8-19(11-16(3,4)10-18)15(20)13-9-12(2)6-7-14(13)17/h6-7,9H,5,8,10-11,18H2,1-4H3. The SMILES string of the molecule is CCCN(CC(C)(C)CN)C(=O)c1cc(C)ccc1Br. The molecule has 20 heavy (non-hydrogen) atoms. The Balaban J connectivity index is 3.02. The van der Waals surface area contributed by atoms with E-state index in [4.69, 9.17) is 5.73 Å². The molecule has 4 heteroatoms. The zero-order valence-electron chi connectivity index (χ0n) is 12.9. The Kier molecular flexibility index (Phi) is 6.21. The van der Waals surface area contributed by atoms with Gasteiger partial charge in [-0.25, -0.2) is 0 Å².